The van der Waals surface area contributed by atoms with Crippen LogP contribution in [0.3, 0.4) is 0 Å². The van der Waals surface area contributed by atoms with Gasteiger partial charge in [-0.2, -0.15) is 0 Å². The Kier molecular flexibility index (Phi) is 4.98. The standard InChI is InChI=1S/C20H15N3OS3/c1-12-8-9-13(19-21-14-5-2-3-6-16(14)27-19)11-15(12)22-20(25)23-18(24)17-7-4-10-26-17/h2-11H,1H3,(H2,22,23,24,25). The van der Waals surface area contributed by atoms with Crippen molar-refractivity contribution in [1.29, 1.82) is 0 Å². The minimum Gasteiger partial charge on any atom is -0.332 e. The van der Waals surface area contributed by atoms with Gasteiger partial charge < -0.3 is 5.32 Å². The van der Waals surface area contributed by atoms with Crippen molar-refractivity contribution in [3.63, 3.8) is 0 Å². The van der Waals surface area contributed by atoms with Crippen LogP contribution in [0.2, 0.25) is 0 Å². The van der Waals surface area contributed by atoms with E-state index in [1.54, 1.807) is 17.4 Å². The number of benzene rings is 2. The average Bonchev–Trinajstić information content (AvgIpc) is 3.33. The summed E-state index contributed by atoms with van der Waals surface area (Å²) < 4.78 is 1.15. The molecule has 1 amide bonds. The fraction of sp³-hybridized carbons (Fsp3) is 0.0500. The topological polar surface area (TPSA) is 54.0 Å². The molecule has 0 unspecified atom stereocenters. The summed E-state index contributed by atoms with van der Waals surface area (Å²) in [6.45, 7) is 1.99. The molecule has 7 heteroatoms. The Bertz CT molecular complexity index is 1100. The van der Waals surface area contributed by atoms with Crippen molar-refractivity contribution in [2.45, 2.75) is 6.92 Å². The van der Waals surface area contributed by atoms with Gasteiger partial charge in [0.25, 0.3) is 5.91 Å². The van der Waals surface area contributed by atoms with Crippen LogP contribution in [0.25, 0.3) is 20.8 Å². The van der Waals surface area contributed by atoms with E-state index in [4.69, 9.17) is 17.2 Å². The van der Waals surface area contributed by atoms with Crippen LogP contribution in [0, 0.1) is 6.92 Å². The molecule has 0 aliphatic heterocycles. The first-order valence-corrected chi connectivity index (χ1v) is 10.3. The maximum atomic E-state index is 12.1. The summed E-state index contributed by atoms with van der Waals surface area (Å²) in [6, 6.07) is 17.8. The van der Waals surface area contributed by atoms with Gasteiger partial charge in [0.1, 0.15) is 5.01 Å². The lowest BCUT2D eigenvalue weighted by atomic mass is 10.1. The van der Waals surface area contributed by atoms with Crippen LogP contribution in [0.15, 0.2) is 60.0 Å². The number of carbonyl (C=O) groups is 1. The molecule has 134 valence electrons. The number of aryl methyl sites for hydroxylation is 1. The van der Waals surface area contributed by atoms with Crippen LogP contribution in [0.4, 0.5) is 5.69 Å². The van der Waals surface area contributed by atoms with Crippen molar-refractivity contribution in [3.05, 3.63) is 70.4 Å². The number of amides is 1. The van der Waals surface area contributed by atoms with Crippen LogP contribution in [-0.2, 0) is 0 Å². The Hall–Kier alpha value is -2.61. The fourth-order valence-corrected chi connectivity index (χ4v) is 4.40. The van der Waals surface area contributed by atoms with Crippen molar-refractivity contribution < 1.29 is 4.79 Å². The van der Waals surface area contributed by atoms with E-state index in [1.165, 1.54) is 11.3 Å². The number of nitrogens with one attached hydrogen (secondary N) is 2. The number of anilines is 1. The third-order valence-electron chi connectivity index (χ3n) is 4.00. The molecule has 4 aromatic rings. The smallest absolute Gasteiger partial charge is 0.267 e. The van der Waals surface area contributed by atoms with Crippen molar-refractivity contribution in [2.24, 2.45) is 0 Å². The lowest BCUT2D eigenvalue weighted by Crippen LogP contribution is -2.33. The summed E-state index contributed by atoms with van der Waals surface area (Å²) >= 11 is 8.34. The number of carbonyl (C=O) groups excluding carboxylic acids is 1. The summed E-state index contributed by atoms with van der Waals surface area (Å²) in [4.78, 5) is 17.5. The van der Waals surface area contributed by atoms with E-state index in [0.717, 1.165) is 32.0 Å². The molecule has 0 saturated heterocycles. The van der Waals surface area contributed by atoms with Crippen LogP contribution < -0.4 is 10.6 Å². The van der Waals surface area contributed by atoms with Crippen molar-refractivity contribution >= 4 is 61.8 Å². The van der Waals surface area contributed by atoms with Gasteiger partial charge in [0, 0.05) is 11.3 Å². The van der Waals surface area contributed by atoms with E-state index in [9.17, 15) is 4.79 Å². The Morgan fingerprint density at radius 1 is 1.11 bits per heavy atom. The molecule has 0 atom stereocenters. The summed E-state index contributed by atoms with van der Waals surface area (Å²) in [5, 5.41) is 8.93. The van der Waals surface area contributed by atoms with E-state index in [0.29, 0.717) is 4.88 Å². The Balaban J connectivity index is 1.55. The number of thiophene rings is 1. The first-order valence-electron chi connectivity index (χ1n) is 8.22. The third-order valence-corrected chi connectivity index (χ3v) is 6.16. The van der Waals surface area contributed by atoms with Crippen LogP contribution >= 0.6 is 34.9 Å². The van der Waals surface area contributed by atoms with Crippen LogP contribution in [-0.4, -0.2) is 16.0 Å². The monoisotopic (exact) mass is 409 g/mol. The number of fused-ring (bicyclic) bond motifs is 1. The number of nitrogens with zero attached hydrogens (tertiary/aromatic N) is 1. The second kappa shape index (κ2) is 7.56. The molecule has 0 aliphatic rings. The Morgan fingerprint density at radius 3 is 2.74 bits per heavy atom. The number of aromatic nitrogens is 1. The van der Waals surface area contributed by atoms with Crippen molar-refractivity contribution in [2.75, 3.05) is 5.32 Å². The molecular weight excluding hydrogens is 394 g/mol. The molecule has 4 rings (SSSR count). The molecule has 0 fully saturated rings. The molecule has 0 bridgehead atoms. The molecule has 2 aromatic carbocycles. The van der Waals surface area contributed by atoms with Gasteiger partial charge in [-0.05, 0) is 54.4 Å². The molecule has 0 saturated carbocycles. The highest BCUT2D eigenvalue weighted by Crippen LogP contribution is 2.32. The van der Waals surface area contributed by atoms with Crippen LogP contribution in [0.1, 0.15) is 15.2 Å². The Labute approximate surface area is 169 Å². The van der Waals surface area contributed by atoms with Gasteiger partial charge in [0.2, 0.25) is 0 Å². The second-order valence-electron chi connectivity index (χ2n) is 5.90. The molecule has 2 N–H and O–H groups in total. The van der Waals surface area contributed by atoms with Gasteiger partial charge in [-0.15, -0.1) is 22.7 Å². The number of hydrogen-bond acceptors (Lipinski definition) is 5. The van der Waals surface area contributed by atoms with E-state index < -0.39 is 0 Å². The maximum absolute atomic E-state index is 12.1. The van der Waals surface area contributed by atoms with Crippen LogP contribution in [0.5, 0.6) is 0 Å². The number of hydrogen-bond donors (Lipinski definition) is 2. The average molecular weight is 410 g/mol. The lowest BCUT2D eigenvalue weighted by Gasteiger charge is -2.12. The molecular formula is C20H15N3OS3. The zero-order chi connectivity index (χ0) is 18.8. The zero-order valence-electron chi connectivity index (χ0n) is 14.4. The molecule has 2 aromatic heterocycles. The maximum Gasteiger partial charge on any atom is 0.267 e. The fourth-order valence-electron chi connectivity index (χ4n) is 2.61. The Morgan fingerprint density at radius 2 is 1.96 bits per heavy atom. The first-order chi connectivity index (χ1) is 13.1. The van der Waals surface area contributed by atoms with Gasteiger partial charge in [0.05, 0.1) is 15.1 Å². The third kappa shape index (κ3) is 3.90. The van der Waals surface area contributed by atoms with Crippen molar-refractivity contribution in [1.82, 2.24) is 10.3 Å². The number of rotatable bonds is 3. The quantitative estimate of drug-likeness (QED) is 0.441. The van der Waals surface area contributed by atoms with E-state index in [2.05, 4.69) is 16.7 Å². The highest BCUT2D eigenvalue weighted by Gasteiger charge is 2.11. The second-order valence-corrected chi connectivity index (χ2v) is 8.29. The van der Waals surface area contributed by atoms with Gasteiger partial charge in [-0.1, -0.05) is 30.3 Å². The molecule has 4 nitrogen and oxygen atoms in total. The summed E-state index contributed by atoms with van der Waals surface area (Å²) in [5.74, 6) is -0.206. The minimum absolute atomic E-state index is 0.206. The van der Waals surface area contributed by atoms with Gasteiger partial charge in [0.15, 0.2) is 5.11 Å². The largest absolute Gasteiger partial charge is 0.332 e. The first kappa shape index (κ1) is 17.8. The highest BCUT2D eigenvalue weighted by molar-refractivity contribution is 7.80. The molecule has 0 spiro atoms. The van der Waals surface area contributed by atoms with E-state index >= 15 is 0 Å². The van der Waals surface area contributed by atoms with Gasteiger partial charge >= 0.3 is 0 Å². The summed E-state index contributed by atoms with van der Waals surface area (Å²) in [6.07, 6.45) is 0. The predicted octanol–water partition coefficient (Wildman–Crippen LogP) is 5.46. The number of para-hydroxylation sites is 1. The number of thiazole rings is 1. The highest BCUT2D eigenvalue weighted by atomic mass is 32.1. The molecule has 0 aliphatic carbocycles. The normalized spacial score (nSPS) is 10.7. The van der Waals surface area contributed by atoms with E-state index in [-0.39, 0.29) is 11.0 Å². The van der Waals surface area contributed by atoms with Crippen molar-refractivity contribution in [3.8, 4) is 10.6 Å². The SMILES string of the molecule is Cc1ccc(-c2nc3ccccc3s2)cc1NC(=S)NC(=O)c1cccs1. The lowest BCUT2D eigenvalue weighted by molar-refractivity contribution is 0.0981. The number of thiocarbonyl (C=S) groups is 1. The van der Waals surface area contributed by atoms with E-state index in [1.807, 2.05) is 54.8 Å². The molecule has 0 radical (unpaired) electrons. The molecule has 2 heterocycles. The predicted molar refractivity (Wildman–Crippen MR) is 118 cm³/mol. The van der Waals surface area contributed by atoms with Gasteiger partial charge in [-0.3, -0.25) is 10.1 Å². The molecule has 27 heavy (non-hydrogen) atoms. The minimum atomic E-state index is -0.206. The summed E-state index contributed by atoms with van der Waals surface area (Å²) in [7, 11) is 0. The summed E-state index contributed by atoms with van der Waals surface area (Å²) in [5.41, 5.74) is 3.89. The van der Waals surface area contributed by atoms with Gasteiger partial charge in [-0.25, -0.2) is 4.98 Å². The zero-order valence-corrected chi connectivity index (χ0v) is 16.8.